The van der Waals surface area contributed by atoms with Gasteiger partial charge in [0.15, 0.2) is 0 Å². The first-order valence-corrected chi connectivity index (χ1v) is 15.9. The van der Waals surface area contributed by atoms with Crippen LogP contribution in [0.15, 0.2) is 106 Å². The Morgan fingerprint density at radius 1 is 0.450 bits per heavy atom. The molecule has 0 aliphatic rings. The van der Waals surface area contributed by atoms with Crippen LogP contribution >= 0.6 is 0 Å². The molecule has 0 aromatic carbocycles. The summed E-state index contributed by atoms with van der Waals surface area (Å²) in [5, 5.41) is 0. The van der Waals surface area contributed by atoms with Gasteiger partial charge in [-0.3, -0.25) is 0 Å². The van der Waals surface area contributed by atoms with Gasteiger partial charge >= 0.3 is 0 Å². The van der Waals surface area contributed by atoms with Crippen LogP contribution in [0.25, 0.3) is 0 Å². The molecular formula is C40H64. The van der Waals surface area contributed by atoms with E-state index in [1.807, 2.05) is 0 Å². The second kappa shape index (κ2) is 24.5. The minimum absolute atomic E-state index is 0.598. The quantitative estimate of drug-likeness (QED) is 0.0812. The largest absolute Gasteiger partial charge is 0.0882 e. The second-order valence-corrected chi connectivity index (χ2v) is 12.4. The predicted octanol–water partition coefficient (Wildman–Crippen LogP) is 13.7. The molecule has 0 fully saturated rings. The van der Waals surface area contributed by atoms with Crippen molar-refractivity contribution in [1.82, 2.24) is 0 Å². The lowest BCUT2D eigenvalue weighted by atomic mass is 9.94. The highest BCUT2D eigenvalue weighted by atomic mass is 14.1. The molecule has 0 heteroatoms. The van der Waals surface area contributed by atoms with E-state index in [1.54, 1.807) is 0 Å². The minimum Gasteiger partial charge on any atom is -0.0882 e. The molecule has 40 heavy (non-hydrogen) atoms. The van der Waals surface area contributed by atoms with Gasteiger partial charge in [-0.25, -0.2) is 0 Å². The fourth-order valence-electron chi connectivity index (χ4n) is 4.43. The smallest absolute Gasteiger partial charge is 0.0197 e. The lowest BCUT2D eigenvalue weighted by molar-refractivity contribution is 0.667. The SMILES string of the molecule is CC(C)=CCCC=CCCC=C(C)C(C)CC(C)=CC=CC=C(C)CCC=C(C)CCC=C(C)CCC=C(C)C. The molecule has 0 heterocycles. The Labute approximate surface area is 251 Å². The van der Waals surface area contributed by atoms with Crippen LogP contribution < -0.4 is 0 Å². The van der Waals surface area contributed by atoms with Gasteiger partial charge in [-0.15, -0.1) is 0 Å². The molecular weight excluding hydrogens is 480 g/mol. The topological polar surface area (TPSA) is 0 Å². The van der Waals surface area contributed by atoms with Crippen molar-refractivity contribution >= 4 is 0 Å². The highest BCUT2D eigenvalue weighted by molar-refractivity contribution is 5.20. The lowest BCUT2D eigenvalue weighted by Gasteiger charge is -2.12. The first-order chi connectivity index (χ1) is 19.0. The van der Waals surface area contributed by atoms with Crippen molar-refractivity contribution in [1.29, 1.82) is 0 Å². The summed E-state index contributed by atoms with van der Waals surface area (Å²) in [6, 6.07) is 0. The summed E-state index contributed by atoms with van der Waals surface area (Å²) >= 11 is 0. The van der Waals surface area contributed by atoms with Crippen molar-refractivity contribution in [2.75, 3.05) is 0 Å². The third-order valence-electron chi connectivity index (χ3n) is 7.28. The summed E-state index contributed by atoms with van der Waals surface area (Å²) in [7, 11) is 0. The Morgan fingerprint density at radius 2 is 0.875 bits per heavy atom. The van der Waals surface area contributed by atoms with E-state index >= 15 is 0 Å². The van der Waals surface area contributed by atoms with Crippen molar-refractivity contribution < 1.29 is 0 Å². The summed E-state index contributed by atoms with van der Waals surface area (Å²) in [6.07, 6.45) is 38.2. The van der Waals surface area contributed by atoms with Gasteiger partial charge in [-0.1, -0.05) is 113 Å². The van der Waals surface area contributed by atoms with Crippen molar-refractivity contribution in [2.24, 2.45) is 5.92 Å². The minimum atomic E-state index is 0.598. The average molecular weight is 545 g/mol. The van der Waals surface area contributed by atoms with Crippen LogP contribution in [0.5, 0.6) is 0 Å². The molecule has 1 unspecified atom stereocenters. The van der Waals surface area contributed by atoms with E-state index in [9.17, 15) is 0 Å². The number of rotatable bonds is 20. The van der Waals surface area contributed by atoms with E-state index in [1.165, 1.54) is 58.3 Å². The second-order valence-electron chi connectivity index (χ2n) is 12.4. The Morgan fingerprint density at radius 3 is 1.40 bits per heavy atom. The molecule has 0 aliphatic heterocycles. The van der Waals surface area contributed by atoms with Gasteiger partial charge in [0.25, 0.3) is 0 Å². The van der Waals surface area contributed by atoms with Crippen LogP contribution in [0.3, 0.4) is 0 Å². The van der Waals surface area contributed by atoms with E-state index in [0.717, 1.165) is 51.4 Å². The maximum Gasteiger partial charge on any atom is -0.0197 e. The summed E-state index contributed by atoms with van der Waals surface area (Å²) < 4.78 is 0. The molecule has 0 rings (SSSR count). The first kappa shape index (κ1) is 37.7. The first-order valence-electron chi connectivity index (χ1n) is 15.9. The molecule has 0 bridgehead atoms. The Hall–Kier alpha value is -2.34. The molecule has 0 nitrogen and oxygen atoms in total. The van der Waals surface area contributed by atoms with Crippen molar-refractivity contribution in [3.05, 3.63) is 106 Å². The molecule has 0 aromatic rings. The van der Waals surface area contributed by atoms with Crippen molar-refractivity contribution in [2.45, 2.75) is 140 Å². The van der Waals surface area contributed by atoms with Crippen LogP contribution in [0.2, 0.25) is 0 Å². The van der Waals surface area contributed by atoms with Gasteiger partial charge in [-0.05, 0) is 139 Å². The predicted molar refractivity (Wildman–Crippen MR) is 186 cm³/mol. The van der Waals surface area contributed by atoms with Gasteiger partial charge in [0, 0.05) is 0 Å². The Kier molecular flexibility index (Phi) is 23.0. The van der Waals surface area contributed by atoms with Crippen molar-refractivity contribution in [3.8, 4) is 0 Å². The number of hydrogen-bond acceptors (Lipinski definition) is 0. The summed E-state index contributed by atoms with van der Waals surface area (Å²) in [4.78, 5) is 0. The zero-order chi connectivity index (χ0) is 30.2. The molecule has 0 saturated carbocycles. The van der Waals surface area contributed by atoms with Crippen molar-refractivity contribution in [3.63, 3.8) is 0 Å². The molecule has 1 atom stereocenters. The molecule has 0 aliphatic carbocycles. The van der Waals surface area contributed by atoms with Gasteiger partial charge in [0.05, 0.1) is 0 Å². The highest BCUT2D eigenvalue weighted by Crippen LogP contribution is 2.20. The van der Waals surface area contributed by atoms with Crippen LogP contribution in [0, 0.1) is 5.92 Å². The maximum atomic E-state index is 2.43. The fraction of sp³-hybridized carbons (Fsp3) is 0.550. The molecule has 0 N–H and O–H groups in total. The number of unbranched alkanes of at least 4 members (excludes halogenated alkanes) is 2. The fourth-order valence-corrected chi connectivity index (χ4v) is 4.43. The molecule has 0 radical (unpaired) electrons. The zero-order valence-corrected chi connectivity index (χ0v) is 28.2. The van der Waals surface area contributed by atoms with Crippen LogP contribution in [-0.4, -0.2) is 0 Å². The summed E-state index contributed by atoms with van der Waals surface area (Å²) in [5.74, 6) is 0.598. The third kappa shape index (κ3) is 24.7. The summed E-state index contributed by atoms with van der Waals surface area (Å²) in [5.41, 5.74) is 10.3. The van der Waals surface area contributed by atoms with Gasteiger partial charge in [-0.2, -0.15) is 0 Å². The molecule has 224 valence electrons. The Balaban J connectivity index is 4.35. The standard InChI is InChI=1S/C40H64/c1-33(2)22-15-13-11-12-14-16-31-39(9)40(10)32-38(8)25-18-17-24-35(5)27-20-29-37(7)30-21-28-36(6)26-19-23-34(3)4/h11-12,17-18,22-25,28-29,31,40H,13-16,19-21,26-27,30,32H2,1-10H3. The van der Waals surface area contributed by atoms with E-state index < -0.39 is 0 Å². The molecule has 0 amide bonds. The summed E-state index contributed by atoms with van der Waals surface area (Å²) in [6.45, 7) is 22.4. The van der Waals surface area contributed by atoms with Gasteiger partial charge in [0.2, 0.25) is 0 Å². The monoisotopic (exact) mass is 545 g/mol. The van der Waals surface area contributed by atoms with Crippen LogP contribution in [-0.2, 0) is 0 Å². The molecule has 0 saturated heterocycles. The average Bonchev–Trinajstić information content (AvgIpc) is 2.87. The number of allylic oxidation sites excluding steroid dienone is 18. The van der Waals surface area contributed by atoms with E-state index in [-0.39, 0.29) is 0 Å². The van der Waals surface area contributed by atoms with Crippen LogP contribution in [0.4, 0.5) is 0 Å². The highest BCUT2D eigenvalue weighted by Gasteiger charge is 2.04. The van der Waals surface area contributed by atoms with Gasteiger partial charge < -0.3 is 0 Å². The zero-order valence-electron chi connectivity index (χ0n) is 28.2. The normalized spacial score (nSPS) is 14.8. The molecule has 0 aromatic heterocycles. The lowest BCUT2D eigenvalue weighted by Crippen LogP contribution is -1.97. The van der Waals surface area contributed by atoms with E-state index in [2.05, 4.69) is 136 Å². The Bertz CT molecular complexity index is 954. The maximum absolute atomic E-state index is 2.43. The third-order valence-corrected chi connectivity index (χ3v) is 7.28. The van der Waals surface area contributed by atoms with Crippen LogP contribution in [0.1, 0.15) is 140 Å². The molecule has 0 spiro atoms. The number of hydrogen-bond donors (Lipinski definition) is 0. The van der Waals surface area contributed by atoms with E-state index in [0.29, 0.717) is 5.92 Å². The van der Waals surface area contributed by atoms with Gasteiger partial charge in [0.1, 0.15) is 0 Å². The van der Waals surface area contributed by atoms with E-state index in [4.69, 9.17) is 0 Å².